The van der Waals surface area contributed by atoms with E-state index in [1.165, 1.54) is 5.56 Å². The Balaban J connectivity index is 1.84. The molecule has 102 valence electrons. The maximum absolute atomic E-state index is 6.03. The van der Waals surface area contributed by atoms with Gasteiger partial charge in [-0.3, -0.25) is 0 Å². The number of hydrogen-bond donors (Lipinski definition) is 1. The number of anilines is 1. The SMILES string of the molecule is Cn1c(CCc2ccc(N)cc2)nc2ccc(Cl)cc21. The molecular weight excluding hydrogens is 270 g/mol. The third-order valence-electron chi connectivity index (χ3n) is 3.55. The number of benzene rings is 2. The van der Waals surface area contributed by atoms with Crippen molar-refractivity contribution < 1.29 is 0 Å². The Morgan fingerprint density at radius 2 is 1.85 bits per heavy atom. The maximum atomic E-state index is 6.03. The largest absolute Gasteiger partial charge is 0.399 e. The van der Waals surface area contributed by atoms with Gasteiger partial charge in [-0.25, -0.2) is 4.98 Å². The third kappa shape index (κ3) is 2.49. The lowest BCUT2D eigenvalue weighted by molar-refractivity contribution is 0.787. The number of nitrogens with zero attached hydrogens (tertiary/aromatic N) is 2. The predicted octanol–water partition coefficient (Wildman–Crippen LogP) is 3.59. The normalized spacial score (nSPS) is 11.1. The fourth-order valence-electron chi connectivity index (χ4n) is 2.38. The van der Waals surface area contributed by atoms with Crippen molar-refractivity contribution in [2.24, 2.45) is 7.05 Å². The van der Waals surface area contributed by atoms with Gasteiger partial charge in [0.2, 0.25) is 0 Å². The Bertz CT molecular complexity index is 744. The summed E-state index contributed by atoms with van der Waals surface area (Å²) >= 11 is 6.03. The van der Waals surface area contributed by atoms with Crippen LogP contribution in [0.15, 0.2) is 42.5 Å². The van der Waals surface area contributed by atoms with E-state index in [1.807, 2.05) is 37.4 Å². The molecule has 0 amide bonds. The summed E-state index contributed by atoms with van der Waals surface area (Å²) in [5.74, 6) is 1.07. The average molecular weight is 286 g/mol. The molecule has 0 unspecified atom stereocenters. The molecule has 0 saturated heterocycles. The Labute approximate surface area is 123 Å². The van der Waals surface area contributed by atoms with E-state index in [2.05, 4.69) is 21.7 Å². The van der Waals surface area contributed by atoms with Crippen LogP contribution in [-0.2, 0) is 19.9 Å². The highest BCUT2D eigenvalue weighted by molar-refractivity contribution is 6.31. The van der Waals surface area contributed by atoms with Crippen LogP contribution in [0.1, 0.15) is 11.4 Å². The van der Waals surface area contributed by atoms with E-state index in [9.17, 15) is 0 Å². The molecule has 3 rings (SSSR count). The Morgan fingerprint density at radius 3 is 2.60 bits per heavy atom. The summed E-state index contributed by atoms with van der Waals surface area (Å²) < 4.78 is 2.11. The first-order valence-electron chi connectivity index (χ1n) is 6.59. The number of hydrogen-bond acceptors (Lipinski definition) is 2. The summed E-state index contributed by atoms with van der Waals surface area (Å²) in [5.41, 5.74) is 9.82. The summed E-state index contributed by atoms with van der Waals surface area (Å²) in [4.78, 5) is 4.67. The van der Waals surface area contributed by atoms with Gasteiger partial charge in [0, 0.05) is 24.2 Å². The summed E-state index contributed by atoms with van der Waals surface area (Å²) in [6, 6.07) is 13.8. The smallest absolute Gasteiger partial charge is 0.109 e. The van der Waals surface area contributed by atoms with E-state index < -0.39 is 0 Å². The molecule has 4 heteroatoms. The summed E-state index contributed by atoms with van der Waals surface area (Å²) in [6.45, 7) is 0. The highest BCUT2D eigenvalue weighted by Gasteiger charge is 2.08. The molecule has 1 heterocycles. The molecule has 0 aliphatic heterocycles. The fraction of sp³-hybridized carbons (Fsp3) is 0.188. The molecule has 1 aromatic heterocycles. The molecule has 3 aromatic rings. The number of aryl methyl sites for hydroxylation is 3. The number of halogens is 1. The lowest BCUT2D eigenvalue weighted by atomic mass is 10.1. The fourth-order valence-corrected chi connectivity index (χ4v) is 2.54. The number of aromatic nitrogens is 2. The van der Waals surface area contributed by atoms with Gasteiger partial charge in [0.15, 0.2) is 0 Å². The number of nitrogen functional groups attached to an aromatic ring is 1. The van der Waals surface area contributed by atoms with Gasteiger partial charge >= 0.3 is 0 Å². The molecule has 0 saturated carbocycles. The van der Waals surface area contributed by atoms with Crippen molar-refractivity contribution in [3.05, 3.63) is 58.9 Å². The highest BCUT2D eigenvalue weighted by atomic mass is 35.5. The monoisotopic (exact) mass is 285 g/mol. The van der Waals surface area contributed by atoms with Gasteiger partial charge in [0.25, 0.3) is 0 Å². The van der Waals surface area contributed by atoms with Gasteiger partial charge in [-0.2, -0.15) is 0 Å². The molecule has 0 fully saturated rings. The third-order valence-corrected chi connectivity index (χ3v) is 3.79. The van der Waals surface area contributed by atoms with Crippen LogP contribution in [0.2, 0.25) is 5.02 Å². The lowest BCUT2D eigenvalue weighted by Gasteiger charge is -2.03. The van der Waals surface area contributed by atoms with E-state index in [-0.39, 0.29) is 0 Å². The van der Waals surface area contributed by atoms with Crippen molar-refractivity contribution in [3.8, 4) is 0 Å². The molecule has 2 aromatic carbocycles. The van der Waals surface area contributed by atoms with Gasteiger partial charge in [-0.1, -0.05) is 23.7 Å². The molecule has 0 bridgehead atoms. The quantitative estimate of drug-likeness (QED) is 0.747. The minimum absolute atomic E-state index is 0.741. The van der Waals surface area contributed by atoms with Gasteiger partial charge in [-0.15, -0.1) is 0 Å². The van der Waals surface area contributed by atoms with Crippen molar-refractivity contribution >= 4 is 28.3 Å². The summed E-state index contributed by atoms with van der Waals surface area (Å²) in [6.07, 6.45) is 1.85. The van der Waals surface area contributed by atoms with Gasteiger partial charge in [0.05, 0.1) is 11.0 Å². The molecular formula is C16H16ClN3. The zero-order chi connectivity index (χ0) is 14.1. The van der Waals surface area contributed by atoms with E-state index in [0.29, 0.717) is 0 Å². The zero-order valence-electron chi connectivity index (χ0n) is 11.3. The van der Waals surface area contributed by atoms with E-state index >= 15 is 0 Å². The van der Waals surface area contributed by atoms with E-state index in [1.54, 1.807) is 0 Å². The van der Waals surface area contributed by atoms with Crippen molar-refractivity contribution in [3.63, 3.8) is 0 Å². The first-order chi connectivity index (χ1) is 9.63. The van der Waals surface area contributed by atoms with Crippen LogP contribution < -0.4 is 5.73 Å². The number of nitrogens with two attached hydrogens (primary N) is 1. The topological polar surface area (TPSA) is 43.8 Å². The molecule has 0 atom stereocenters. The first-order valence-corrected chi connectivity index (χ1v) is 6.96. The highest BCUT2D eigenvalue weighted by Crippen LogP contribution is 2.20. The molecule has 2 N–H and O–H groups in total. The van der Waals surface area contributed by atoms with Crippen LogP contribution in [0, 0.1) is 0 Å². The minimum atomic E-state index is 0.741. The predicted molar refractivity (Wildman–Crippen MR) is 84.0 cm³/mol. The molecule has 3 nitrogen and oxygen atoms in total. The van der Waals surface area contributed by atoms with Gasteiger partial charge < -0.3 is 10.3 Å². The molecule has 0 spiro atoms. The first kappa shape index (κ1) is 13.0. The Kier molecular flexibility index (Phi) is 3.36. The molecule has 0 aliphatic carbocycles. The summed E-state index contributed by atoms with van der Waals surface area (Å²) in [7, 11) is 2.03. The van der Waals surface area contributed by atoms with Crippen LogP contribution >= 0.6 is 11.6 Å². The second-order valence-corrected chi connectivity index (χ2v) is 5.40. The number of imidazole rings is 1. The van der Waals surface area contributed by atoms with Crippen LogP contribution in [0.5, 0.6) is 0 Å². The van der Waals surface area contributed by atoms with E-state index in [0.717, 1.165) is 40.4 Å². The van der Waals surface area contributed by atoms with E-state index in [4.69, 9.17) is 17.3 Å². The lowest BCUT2D eigenvalue weighted by Crippen LogP contribution is -2.00. The number of rotatable bonds is 3. The summed E-state index contributed by atoms with van der Waals surface area (Å²) in [5, 5.41) is 0.741. The minimum Gasteiger partial charge on any atom is -0.399 e. The van der Waals surface area contributed by atoms with Crippen LogP contribution in [-0.4, -0.2) is 9.55 Å². The second kappa shape index (κ2) is 5.17. The standard InChI is InChI=1S/C16H16ClN3/c1-20-15-10-12(17)5-8-14(15)19-16(20)9-4-11-2-6-13(18)7-3-11/h2-3,5-8,10H,4,9,18H2,1H3. The molecule has 0 aliphatic rings. The van der Waals surface area contributed by atoms with Crippen LogP contribution in [0.3, 0.4) is 0 Å². The molecule has 20 heavy (non-hydrogen) atoms. The second-order valence-electron chi connectivity index (χ2n) is 4.96. The zero-order valence-corrected chi connectivity index (χ0v) is 12.1. The van der Waals surface area contributed by atoms with Gasteiger partial charge in [-0.05, 0) is 42.3 Å². The van der Waals surface area contributed by atoms with Crippen molar-refractivity contribution in [2.45, 2.75) is 12.8 Å². The average Bonchev–Trinajstić information content (AvgIpc) is 2.75. The van der Waals surface area contributed by atoms with Crippen LogP contribution in [0.4, 0.5) is 5.69 Å². The van der Waals surface area contributed by atoms with Crippen molar-refractivity contribution in [1.82, 2.24) is 9.55 Å². The van der Waals surface area contributed by atoms with Crippen molar-refractivity contribution in [1.29, 1.82) is 0 Å². The Hall–Kier alpha value is -2.00. The van der Waals surface area contributed by atoms with Crippen molar-refractivity contribution in [2.75, 3.05) is 5.73 Å². The van der Waals surface area contributed by atoms with Crippen LogP contribution in [0.25, 0.3) is 11.0 Å². The van der Waals surface area contributed by atoms with Gasteiger partial charge in [0.1, 0.15) is 5.82 Å². The Morgan fingerprint density at radius 1 is 1.10 bits per heavy atom. The number of fused-ring (bicyclic) bond motifs is 1. The maximum Gasteiger partial charge on any atom is 0.109 e. The molecule has 0 radical (unpaired) electrons.